The monoisotopic (exact) mass is 340 g/mol. The first-order valence-electron chi connectivity index (χ1n) is 7.06. The largest absolute Gasteiger partial charge is 0.496 e. The van der Waals surface area contributed by atoms with Gasteiger partial charge in [-0.25, -0.2) is 0 Å². The van der Waals surface area contributed by atoms with Crippen molar-refractivity contribution in [2.75, 3.05) is 40.2 Å². The molecular weight excluding hydrogens is 320 g/mol. The van der Waals surface area contributed by atoms with Crippen LogP contribution in [0.15, 0.2) is 12.1 Å². The van der Waals surface area contributed by atoms with E-state index in [9.17, 15) is 9.59 Å². The molecule has 0 bridgehead atoms. The Balaban J connectivity index is 2.01. The molecule has 7 nitrogen and oxygen atoms in total. The number of hydrogen-bond donors (Lipinski definition) is 1. The number of ether oxygens (including phenoxy) is 3. The van der Waals surface area contributed by atoms with E-state index in [0.717, 1.165) is 11.3 Å². The normalized spacial score (nSPS) is 13.9. The molecule has 23 heavy (non-hydrogen) atoms. The molecule has 8 heteroatoms. The predicted octanol–water partition coefficient (Wildman–Crippen LogP) is 1.50. The maximum Gasteiger partial charge on any atom is 0.282 e. The number of carbonyl (C=O) groups is 2. The minimum absolute atomic E-state index is 0.0520. The first-order chi connectivity index (χ1) is 11.1. The van der Waals surface area contributed by atoms with E-state index in [2.05, 4.69) is 5.32 Å². The molecule has 0 saturated carbocycles. The smallest absolute Gasteiger partial charge is 0.282 e. The Morgan fingerprint density at radius 3 is 2.39 bits per heavy atom. The summed E-state index contributed by atoms with van der Waals surface area (Å²) in [6.07, 6.45) is 0. The van der Waals surface area contributed by atoms with E-state index >= 15 is 0 Å². The van der Waals surface area contributed by atoms with Gasteiger partial charge in [0.15, 0.2) is 11.5 Å². The molecule has 0 radical (unpaired) electrons. The number of thioether (sulfide) groups is 1. The highest BCUT2D eigenvalue weighted by Crippen LogP contribution is 2.34. The average molecular weight is 340 g/mol. The van der Waals surface area contributed by atoms with Crippen molar-refractivity contribution in [3.63, 3.8) is 0 Å². The van der Waals surface area contributed by atoms with E-state index < -0.39 is 0 Å². The molecule has 0 spiro atoms. The van der Waals surface area contributed by atoms with Crippen LogP contribution in [0.3, 0.4) is 0 Å². The standard InChI is InChI=1S/C15H20N2O5S/c1-20-11-7-13(22-3)12(21-2)6-10(11)8-16-14(18)9-17-4-5-23-15(17)19/h6-7H,4-5,8-9H2,1-3H3,(H,16,18). The van der Waals surface area contributed by atoms with Crippen LogP contribution in [-0.2, 0) is 11.3 Å². The van der Waals surface area contributed by atoms with E-state index in [1.54, 1.807) is 33.5 Å². The molecule has 0 unspecified atom stereocenters. The van der Waals surface area contributed by atoms with Crippen molar-refractivity contribution in [1.82, 2.24) is 10.2 Å². The Bertz CT molecular complexity index is 593. The molecular formula is C15H20N2O5S. The number of amides is 2. The molecule has 2 rings (SSSR count). The van der Waals surface area contributed by atoms with Crippen LogP contribution in [0.25, 0.3) is 0 Å². The Morgan fingerprint density at radius 2 is 1.83 bits per heavy atom. The number of benzene rings is 1. The number of methoxy groups -OCH3 is 3. The summed E-state index contributed by atoms with van der Waals surface area (Å²) in [5, 5.41) is 2.74. The zero-order valence-corrected chi connectivity index (χ0v) is 14.2. The Morgan fingerprint density at radius 1 is 1.17 bits per heavy atom. The number of carbonyl (C=O) groups excluding carboxylic acids is 2. The Kier molecular flexibility index (Phi) is 5.97. The third kappa shape index (κ3) is 4.22. The maximum absolute atomic E-state index is 12.0. The van der Waals surface area contributed by atoms with E-state index in [4.69, 9.17) is 14.2 Å². The van der Waals surface area contributed by atoms with Crippen molar-refractivity contribution in [1.29, 1.82) is 0 Å². The average Bonchev–Trinajstić information content (AvgIpc) is 2.96. The highest BCUT2D eigenvalue weighted by Gasteiger charge is 2.23. The van der Waals surface area contributed by atoms with Crippen LogP contribution in [0.4, 0.5) is 4.79 Å². The molecule has 1 fully saturated rings. The van der Waals surface area contributed by atoms with Gasteiger partial charge in [0.2, 0.25) is 5.91 Å². The molecule has 0 aromatic heterocycles. The summed E-state index contributed by atoms with van der Waals surface area (Å²) >= 11 is 1.23. The van der Waals surface area contributed by atoms with Gasteiger partial charge in [-0.3, -0.25) is 9.59 Å². The predicted molar refractivity (Wildman–Crippen MR) is 87.4 cm³/mol. The summed E-state index contributed by atoms with van der Waals surface area (Å²) in [6.45, 7) is 0.954. The fourth-order valence-corrected chi connectivity index (χ4v) is 3.05. The minimum atomic E-state index is -0.210. The van der Waals surface area contributed by atoms with Gasteiger partial charge in [0.25, 0.3) is 5.24 Å². The van der Waals surface area contributed by atoms with Gasteiger partial charge >= 0.3 is 0 Å². The van der Waals surface area contributed by atoms with Crippen molar-refractivity contribution in [3.05, 3.63) is 17.7 Å². The Hall–Kier alpha value is -2.09. The lowest BCUT2D eigenvalue weighted by atomic mass is 10.1. The SMILES string of the molecule is COc1cc(OC)c(OC)cc1CNC(=O)CN1CCSC1=O. The third-order valence-corrected chi connectivity index (χ3v) is 4.33. The van der Waals surface area contributed by atoms with Crippen LogP contribution < -0.4 is 19.5 Å². The van der Waals surface area contributed by atoms with Crippen LogP contribution in [0.2, 0.25) is 0 Å². The van der Waals surface area contributed by atoms with Gasteiger partial charge in [-0.15, -0.1) is 0 Å². The number of nitrogens with zero attached hydrogens (tertiary/aromatic N) is 1. The summed E-state index contributed by atoms with van der Waals surface area (Å²) in [7, 11) is 4.64. The molecule has 1 N–H and O–H groups in total. The molecule has 0 aliphatic carbocycles. The van der Waals surface area contributed by atoms with Crippen molar-refractivity contribution in [3.8, 4) is 17.2 Å². The molecule has 1 aromatic rings. The van der Waals surface area contributed by atoms with Gasteiger partial charge in [0, 0.05) is 30.5 Å². The van der Waals surface area contributed by atoms with Crippen LogP contribution in [0.1, 0.15) is 5.56 Å². The second kappa shape index (κ2) is 7.96. The van der Waals surface area contributed by atoms with Gasteiger partial charge in [0.05, 0.1) is 21.3 Å². The third-order valence-electron chi connectivity index (χ3n) is 3.44. The van der Waals surface area contributed by atoms with Crippen LogP contribution >= 0.6 is 11.8 Å². The molecule has 1 aliphatic heterocycles. The van der Waals surface area contributed by atoms with Gasteiger partial charge in [-0.2, -0.15) is 0 Å². The van der Waals surface area contributed by atoms with Crippen molar-refractivity contribution < 1.29 is 23.8 Å². The fourth-order valence-electron chi connectivity index (χ4n) is 2.22. The molecule has 1 saturated heterocycles. The van der Waals surface area contributed by atoms with Crippen molar-refractivity contribution in [2.24, 2.45) is 0 Å². The lowest BCUT2D eigenvalue weighted by Crippen LogP contribution is -2.37. The van der Waals surface area contributed by atoms with E-state index in [0.29, 0.717) is 23.8 Å². The van der Waals surface area contributed by atoms with E-state index in [-0.39, 0.29) is 24.2 Å². The fraction of sp³-hybridized carbons (Fsp3) is 0.467. The lowest BCUT2D eigenvalue weighted by Gasteiger charge is -2.16. The molecule has 2 amide bonds. The van der Waals surface area contributed by atoms with Gasteiger partial charge in [-0.05, 0) is 6.07 Å². The number of nitrogens with one attached hydrogen (secondary N) is 1. The molecule has 1 heterocycles. The van der Waals surface area contributed by atoms with Gasteiger partial charge in [-0.1, -0.05) is 11.8 Å². The summed E-state index contributed by atoms with van der Waals surface area (Å²) in [5.41, 5.74) is 0.764. The summed E-state index contributed by atoms with van der Waals surface area (Å²) in [4.78, 5) is 25.0. The maximum atomic E-state index is 12.0. The minimum Gasteiger partial charge on any atom is -0.496 e. The highest BCUT2D eigenvalue weighted by atomic mass is 32.2. The Labute approximate surface area is 139 Å². The summed E-state index contributed by atoms with van der Waals surface area (Å²) in [5.74, 6) is 2.23. The first kappa shape index (κ1) is 17.3. The highest BCUT2D eigenvalue weighted by molar-refractivity contribution is 8.13. The zero-order chi connectivity index (χ0) is 16.8. The number of rotatable bonds is 7. The second-order valence-electron chi connectivity index (χ2n) is 4.83. The van der Waals surface area contributed by atoms with Crippen LogP contribution in [-0.4, -0.2) is 56.2 Å². The van der Waals surface area contributed by atoms with Gasteiger partial charge in [0.1, 0.15) is 12.3 Å². The topological polar surface area (TPSA) is 77.1 Å². The van der Waals surface area contributed by atoms with Gasteiger partial charge < -0.3 is 24.4 Å². The molecule has 1 aliphatic rings. The summed E-state index contributed by atoms with van der Waals surface area (Å²) in [6, 6.07) is 3.47. The van der Waals surface area contributed by atoms with Crippen molar-refractivity contribution >= 4 is 22.9 Å². The van der Waals surface area contributed by atoms with Crippen molar-refractivity contribution in [2.45, 2.75) is 6.54 Å². The molecule has 1 aromatic carbocycles. The molecule has 126 valence electrons. The summed E-state index contributed by atoms with van der Waals surface area (Å²) < 4.78 is 15.8. The van der Waals surface area contributed by atoms with E-state index in [1.807, 2.05) is 0 Å². The first-order valence-corrected chi connectivity index (χ1v) is 8.05. The van der Waals surface area contributed by atoms with Crippen LogP contribution in [0.5, 0.6) is 17.2 Å². The zero-order valence-electron chi connectivity index (χ0n) is 13.4. The quantitative estimate of drug-likeness (QED) is 0.810. The number of hydrogen-bond acceptors (Lipinski definition) is 6. The second-order valence-corrected chi connectivity index (χ2v) is 5.88. The molecule has 0 atom stereocenters. The van der Waals surface area contributed by atoms with E-state index in [1.165, 1.54) is 16.7 Å². The van der Waals surface area contributed by atoms with Crippen LogP contribution in [0, 0.1) is 0 Å². The lowest BCUT2D eigenvalue weighted by molar-refractivity contribution is -0.121.